The molecule has 3 aliphatic carbocycles. The van der Waals surface area contributed by atoms with Crippen LogP contribution in [-0.4, -0.2) is 49.7 Å². The molecule has 0 aliphatic heterocycles. The summed E-state index contributed by atoms with van der Waals surface area (Å²) in [5.41, 5.74) is 1.09. The summed E-state index contributed by atoms with van der Waals surface area (Å²) >= 11 is 0. The van der Waals surface area contributed by atoms with Crippen molar-refractivity contribution in [1.29, 1.82) is 0 Å². The number of rotatable bonds is 43. The monoisotopic (exact) mass is 868 g/mol. The van der Waals surface area contributed by atoms with Crippen molar-refractivity contribution in [3.63, 3.8) is 0 Å². The first kappa shape index (κ1) is 55.0. The molecule has 0 heterocycles. The minimum atomic E-state index is -0.163. The van der Waals surface area contributed by atoms with Crippen LogP contribution in [0.4, 0.5) is 0 Å². The highest BCUT2D eigenvalue weighted by Crippen LogP contribution is 2.46. The maximum absolute atomic E-state index is 13.5. The molecule has 0 spiro atoms. The quantitative estimate of drug-likeness (QED) is 0.0347. The number of nitrogens with zero attached hydrogens (tertiary/aromatic N) is 1. The van der Waals surface area contributed by atoms with Crippen LogP contribution in [-0.2, 0) is 19.1 Å². The van der Waals surface area contributed by atoms with E-state index in [-0.39, 0.29) is 30.1 Å². The third-order valence-electron chi connectivity index (χ3n) is 15.4. The zero-order chi connectivity index (χ0) is 44.5. The maximum atomic E-state index is 13.5. The molecule has 62 heavy (non-hydrogen) atoms. The fraction of sp³-hybridized carbons (Fsp3) is 0.930. The molecule has 0 saturated heterocycles. The first-order valence-electron chi connectivity index (χ1n) is 28.0. The second kappa shape index (κ2) is 35.8. The van der Waals surface area contributed by atoms with Gasteiger partial charge in [0.25, 0.3) is 0 Å². The Morgan fingerprint density at radius 3 is 1.40 bits per heavy atom. The summed E-state index contributed by atoms with van der Waals surface area (Å²) in [4.78, 5) is 28.9. The summed E-state index contributed by atoms with van der Waals surface area (Å²) < 4.78 is 12.3. The molecule has 3 fully saturated rings. The van der Waals surface area contributed by atoms with E-state index >= 15 is 0 Å². The van der Waals surface area contributed by atoms with Gasteiger partial charge in [0.15, 0.2) is 0 Å². The maximum Gasteiger partial charge on any atom is 0.310 e. The molecule has 5 unspecified atom stereocenters. The van der Waals surface area contributed by atoms with Gasteiger partial charge in [-0.05, 0) is 128 Å². The van der Waals surface area contributed by atoms with Gasteiger partial charge in [-0.3, -0.25) is 9.59 Å². The summed E-state index contributed by atoms with van der Waals surface area (Å²) in [6.07, 6.45) is 53.0. The predicted molar refractivity (Wildman–Crippen MR) is 266 cm³/mol. The Morgan fingerprint density at radius 1 is 0.565 bits per heavy atom. The van der Waals surface area contributed by atoms with Crippen molar-refractivity contribution < 1.29 is 19.1 Å². The van der Waals surface area contributed by atoms with Crippen molar-refractivity contribution in [3.05, 3.63) is 11.6 Å². The molecule has 0 radical (unpaired) electrons. The second-order valence-electron chi connectivity index (χ2n) is 21.4. The molecule has 3 aliphatic rings. The number of carbonyl (C=O) groups is 2. The Bertz CT molecular complexity index is 1080. The van der Waals surface area contributed by atoms with Gasteiger partial charge >= 0.3 is 11.9 Å². The SMILES string of the molecule is CCCCCCCCC1CC1CCCCCCCCC(CCCCCCCCC1CC1CCCCCCCC)OC(=O)C/C(=C\CC(CCN(C)C)C(=O)OC1CCCC1)CC. The van der Waals surface area contributed by atoms with Crippen LogP contribution < -0.4 is 0 Å². The molecule has 3 rings (SSSR count). The molecule has 5 atom stereocenters. The van der Waals surface area contributed by atoms with Crippen LogP contribution >= 0.6 is 0 Å². The standard InChI is InChI=1S/C57H105NO4/c1-6-9-11-13-19-25-33-50-46-52(50)35-27-21-15-17-23-29-37-54(38-30-24-18-16-22-28-36-53-47-51(53)34-26-20-14-12-10-7-2)61-56(59)45-48(8-3)41-42-49(43-44-58(4)5)57(60)62-55-39-31-32-40-55/h41,49-55H,6-40,42-47H2,1-5H3/b48-41-. The van der Waals surface area contributed by atoms with Gasteiger partial charge in [0, 0.05) is 0 Å². The number of hydrogen-bond donors (Lipinski definition) is 0. The topological polar surface area (TPSA) is 55.8 Å². The molecule has 5 heteroatoms. The van der Waals surface area contributed by atoms with E-state index in [0.29, 0.717) is 12.8 Å². The average Bonchev–Trinajstić information content (AvgIpc) is 4.14. The van der Waals surface area contributed by atoms with Crippen molar-refractivity contribution in [2.45, 2.75) is 290 Å². The third kappa shape index (κ3) is 27.8. The molecule has 0 bridgehead atoms. The van der Waals surface area contributed by atoms with Crippen molar-refractivity contribution in [3.8, 4) is 0 Å². The van der Waals surface area contributed by atoms with Crippen molar-refractivity contribution in [1.82, 2.24) is 4.90 Å². The van der Waals surface area contributed by atoms with Gasteiger partial charge in [0.2, 0.25) is 0 Å². The number of ether oxygens (including phenoxy) is 2. The first-order valence-corrected chi connectivity index (χ1v) is 28.0. The van der Waals surface area contributed by atoms with Gasteiger partial charge in [0.1, 0.15) is 12.2 Å². The highest BCUT2D eigenvalue weighted by atomic mass is 16.5. The minimum absolute atomic E-state index is 0.0340. The Balaban J connectivity index is 1.34. The molecule has 5 nitrogen and oxygen atoms in total. The average molecular weight is 868 g/mol. The molecule has 0 N–H and O–H groups in total. The Hall–Kier alpha value is -1.36. The largest absolute Gasteiger partial charge is 0.462 e. The van der Waals surface area contributed by atoms with Crippen LogP contribution in [0.15, 0.2) is 11.6 Å². The highest BCUT2D eigenvalue weighted by molar-refractivity contribution is 5.74. The molecule has 3 saturated carbocycles. The number of allylic oxidation sites excluding steroid dienone is 1. The number of carbonyl (C=O) groups excluding carboxylic acids is 2. The number of hydrogen-bond acceptors (Lipinski definition) is 5. The zero-order valence-electron chi connectivity index (χ0n) is 42.2. The molecule has 0 aromatic heterocycles. The Kier molecular flexibility index (Phi) is 31.8. The van der Waals surface area contributed by atoms with E-state index in [1.54, 1.807) is 0 Å². The van der Waals surface area contributed by atoms with E-state index in [0.717, 1.165) is 100.0 Å². The molecule has 0 amide bonds. The van der Waals surface area contributed by atoms with E-state index < -0.39 is 0 Å². The molecular formula is C57H105NO4. The van der Waals surface area contributed by atoms with E-state index in [4.69, 9.17) is 9.47 Å². The normalized spacial score (nSPS) is 21.1. The van der Waals surface area contributed by atoms with Gasteiger partial charge in [-0.1, -0.05) is 199 Å². The predicted octanol–water partition coefficient (Wildman–Crippen LogP) is 17.1. The molecule has 0 aromatic carbocycles. The van der Waals surface area contributed by atoms with Crippen LogP contribution in [0.2, 0.25) is 0 Å². The lowest BCUT2D eigenvalue weighted by Crippen LogP contribution is -2.26. The third-order valence-corrected chi connectivity index (χ3v) is 15.4. The number of esters is 2. The van der Waals surface area contributed by atoms with E-state index in [9.17, 15) is 9.59 Å². The summed E-state index contributed by atoms with van der Waals surface area (Å²) in [5.74, 6) is 3.90. The van der Waals surface area contributed by atoms with E-state index in [1.165, 1.54) is 180 Å². The van der Waals surface area contributed by atoms with Gasteiger partial charge in [-0.2, -0.15) is 0 Å². The highest BCUT2D eigenvalue weighted by Gasteiger charge is 2.36. The van der Waals surface area contributed by atoms with Crippen molar-refractivity contribution in [2.24, 2.45) is 29.6 Å². The van der Waals surface area contributed by atoms with E-state index in [1.807, 2.05) is 0 Å². The molecule has 0 aromatic rings. The van der Waals surface area contributed by atoms with Gasteiger partial charge in [-0.15, -0.1) is 0 Å². The van der Waals surface area contributed by atoms with Gasteiger partial charge in [0.05, 0.1) is 12.3 Å². The number of unbranched alkanes of at least 4 members (excludes halogenated alkanes) is 20. The molecule has 362 valence electrons. The van der Waals surface area contributed by atoms with Crippen LogP contribution in [0.3, 0.4) is 0 Å². The van der Waals surface area contributed by atoms with Crippen LogP contribution in [0.5, 0.6) is 0 Å². The van der Waals surface area contributed by atoms with Crippen LogP contribution in [0.25, 0.3) is 0 Å². The lowest BCUT2D eigenvalue weighted by Gasteiger charge is -2.20. The summed E-state index contributed by atoms with van der Waals surface area (Å²) in [7, 11) is 4.12. The fourth-order valence-electron chi connectivity index (χ4n) is 10.7. The zero-order valence-corrected chi connectivity index (χ0v) is 42.2. The first-order chi connectivity index (χ1) is 30.3. The van der Waals surface area contributed by atoms with Crippen molar-refractivity contribution >= 4 is 11.9 Å². The minimum Gasteiger partial charge on any atom is -0.462 e. The van der Waals surface area contributed by atoms with E-state index in [2.05, 4.69) is 45.8 Å². The lowest BCUT2D eigenvalue weighted by molar-refractivity contribution is -0.154. The summed E-state index contributed by atoms with van der Waals surface area (Å²) in [6, 6.07) is 0. The van der Waals surface area contributed by atoms with Crippen LogP contribution in [0, 0.1) is 29.6 Å². The fourth-order valence-corrected chi connectivity index (χ4v) is 10.7. The Labute approximate surface area is 386 Å². The summed E-state index contributed by atoms with van der Waals surface area (Å²) in [5, 5.41) is 0. The summed E-state index contributed by atoms with van der Waals surface area (Å²) in [6.45, 7) is 7.59. The second-order valence-corrected chi connectivity index (χ2v) is 21.4. The molecular weight excluding hydrogens is 763 g/mol. The van der Waals surface area contributed by atoms with Gasteiger partial charge in [-0.25, -0.2) is 0 Å². The van der Waals surface area contributed by atoms with Gasteiger partial charge < -0.3 is 14.4 Å². The Morgan fingerprint density at radius 2 is 0.984 bits per heavy atom. The van der Waals surface area contributed by atoms with Crippen LogP contribution in [0.1, 0.15) is 278 Å². The lowest BCUT2D eigenvalue weighted by atomic mass is 9.97. The smallest absolute Gasteiger partial charge is 0.310 e. The van der Waals surface area contributed by atoms with Crippen molar-refractivity contribution in [2.75, 3.05) is 20.6 Å².